The molecule has 5 nitrogen and oxygen atoms in total. The first-order valence-corrected chi connectivity index (χ1v) is 11.0. The molecular weight excluding hydrogens is 544 g/mol. The molecule has 0 amide bonds. The number of rotatable bonds is 6. The van der Waals surface area contributed by atoms with Gasteiger partial charge in [-0.1, -0.05) is 48.5 Å². The summed E-state index contributed by atoms with van der Waals surface area (Å²) >= 11 is 0. The van der Waals surface area contributed by atoms with Crippen LogP contribution in [0.1, 0.15) is 36.3 Å². The predicted molar refractivity (Wildman–Crippen MR) is 134 cm³/mol. The fraction of sp³-hybridized carbons (Fsp3) is 0.458. The number of alkyl halides is 3. The highest BCUT2D eigenvalue weighted by Gasteiger charge is 2.42. The number of nitrogens with zero attached hydrogens (tertiary/aromatic N) is 2. The second-order valence-corrected chi connectivity index (χ2v) is 8.43. The average molecular weight is 574 g/mol. The Morgan fingerprint density at radius 1 is 1.03 bits per heavy atom. The van der Waals surface area contributed by atoms with Crippen LogP contribution in [0.3, 0.4) is 0 Å². The topological polar surface area (TPSA) is 48.9 Å². The van der Waals surface area contributed by atoms with E-state index >= 15 is 0 Å². The van der Waals surface area contributed by atoms with Gasteiger partial charge in [-0.05, 0) is 36.5 Å². The third kappa shape index (κ3) is 7.49. The summed E-state index contributed by atoms with van der Waals surface area (Å²) in [4.78, 5) is 6.79. The molecule has 0 aromatic heterocycles. The molecule has 0 spiro atoms. The molecule has 0 radical (unpaired) electrons. The lowest BCUT2D eigenvalue weighted by atomic mass is 10.0. The summed E-state index contributed by atoms with van der Waals surface area (Å²) < 4.78 is 42.3. The molecule has 9 heteroatoms. The summed E-state index contributed by atoms with van der Waals surface area (Å²) in [6, 6.07) is 17.2. The van der Waals surface area contributed by atoms with Crippen LogP contribution in [-0.4, -0.2) is 49.4 Å². The van der Waals surface area contributed by atoms with Crippen molar-refractivity contribution in [2.45, 2.75) is 50.2 Å². The van der Waals surface area contributed by atoms with E-state index in [0.29, 0.717) is 17.6 Å². The third-order valence-corrected chi connectivity index (χ3v) is 6.06. The molecule has 0 bridgehead atoms. The molecule has 1 heterocycles. The van der Waals surface area contributed by atoms with E-state index in [1.807, 2.05) is 6.07 Å². The largest absolute Gasteiger partial charge is 0.573 e. The molecule has 2 unspecified atom stereocenters. The smallest absolute Gasteiger partial charge is 0.405 e. The Bertz CT molecular complexity index is 917. The standard InChI is InChI=1S/C24H29F3N4O.HI/c1-28-23(29-18-11-13-31(14-12-18)16-17-7-3-2-4-8-17)30-21-15-20(21)19-9-5-6-10-22(19)32-24(25,26)27;/h2-10,18,20-21H,11-16H2,1H3,(H2,28,29,30);1H. The van der Waals surface area contributed by atoms with Crippen molar-refractivity contribution in [1.82, 2.24) is 15.5 Å². The Kier molecular flexibility index (Phi) is 8.86. The number of halogens is 4. The van der Waals surface area contributed by atoms with Crippen LogP contribution in [0, 0.1) is 0 Å². The summed E-state index contributed by atoms with van der Waals surface area (Å²) in [6.07, 6.45) is -1.91. The van der Waals surface area contributed by atoms with Gasteiger partial charge in [0.2, 0.25) is 0 Å². The third-order valence-electron chi connectivity index (χ3n) is 6.06. The lowest BCUT2D eigenvalue weighted by Crippen LogP contribution is -2.49. The first-order chi connectivity index (χ1) is 15.4. The quantitative estimate of drug-likeness (QED) is 0.293. The molecular formula is C24H30F3IN4O. The van der Waals surface area contributed by atoms with Gasteiger partial charge in [0.25, 0.3) is 0 Å². The molecule has 2 aromatic carbocycles. The highest BCUT2D eigenvalue weighted by molar-refractivity contribution is 14.0. The second-order valence-electron chi connectivity index (χ2n) is 8.43. The number of piperidine rings is 1. The summed E-state index contributed by atoms with van der Waals surface area (Å²) in [5.41, 5.74) is 1.90. The zero-order valence-electron chi connectivity index (χ0n) is 18.5. The summed E-state index contributed by atoms with van der Waals surface area (Å²) in [6.45, 7) is 2.99. The SMILES string of the molecule is CN=C(NC1CCN(Cc2ccccc2)CC1)NC1CC1c1ccccc1OC(F)(F)F.I. The van der Waals surface area contributed by atoms with Crippen molar-refractivity contribution in [1.29, 1.82) is 0 Å². The number of para-hydroxylation sites is 1. The number of likely N-dealkylation sites (tertiary alicyclic amines) is 1. The maximum Gasteiger partial charge on any atom is 0.573 e. The van der Waals surface area contributed by atoms with E-state index in [4.69, 9.17) is 0 Å². The van der Waals surface area contributed by atoms with E-state index in [1.165, 1.54) is 11.6 Å². The molecule has 1 aliphatic heterocycles. The highest BCUT2D eigenvalue weighted by Crippen LogP contribution is 2.45. The first-order valence-electron chi connectivity index (χ1n) is 11.0. The lowest BCUT2D eigenvalue weighted by molar-refractivity contribution is -0.274. The van der Waals surface area contributed by atoms with E-state index in [2.05, 4.69) is 49.5 Å². The fourth-order valence-corrected chi connectivity index (χ4v) is 4.32. The van der Waals surface area contributed by atoms with Gasteiger partial charge in [-0.3, -0.25) is 9.89 Å². The molecule has 2 aromatic rings. The van der Waals surface area contributed by atoms with Crippen LogP contribution in [-0.2, 0) is 6.54 Å². The van der Waals surface area contributed by atoms with Gasteiger partial charge in [0.1, 0.15) is 5.75 Å². The van der Waals surface area contributed by atoms with E-state index in [-0.39, 0.29) is 41.7 Å². The highest BCUT2D eigenvalue weighted by atomic mass is 127. The predicted octanol–water partition coefficient (Wildman–Crippen LogP) is 4.89. The molecule has 1 saturated heterocycles. The van der Waals surface area contributed by atoms with Gasteiger partial charge >= 0.3 is 6.36 Å². The molecule has 2 fully saturated rings. The summed E-state index contributed by atoms with van der Waals surface area (Å²) in [7, 11) is 1.72. The number of guanidine groups is 1. The number of ether oxygens (including phenoxy) is 1. The van der Waals surface area contributed by atoms with Gasteiger partial charge < -0.3 is 15.4 Å². The summed E-state index contributed by atoms with van der Waals surface area (Å²) in [5, 5.41) is 6.85. The fourth-order valence-electron chi connectivity index (χ4n) is 4.32. The van der Waals surface area contributed by atoms with Gasteiger partial charge in [-0.2, -0.15) is 0 Å². The first kappa shape index (κ1) is 25.6. The van der Waals surface area contributed by atoms with Crippen LogP contribution >= 0.6 is 24.0 Å². The molecule has 1 saturated carbocycles. The van der Waals surface area contributed by atoms with Crippen LogP contribution in [0.2, 0.25) is 0 Å². The molecule has 180 valence electrons. The van der Waals surface area contributed by atoms with Crippen LogP contribution in [0.15, 0.2) is 59.6 Å². The maximum absolute atomic E-state index is 12.7. The van der Waals surface area contributed by atoms with Gasteiger partial charge in [0.15, 0.2) is 5.96 Å². The minimum Gasteiger partial charge on any atom is -0.405 e. The van der Waals surface area contributed by atoms with Crippen LogP contribution in [0.5, 0.6) is 5.75 Å². The Balaban J connectivity index is 0.00000306. The van der Waals surface area contributed by atoms with Crippen LogP contribution < -0.4 is 15.4 Å². The Morgan fingerprint density at radius 3 is 2.36 bits per heavy atom. The van der Waals surface area contributed by atoms with Gasteiger partial charge in [-0.15, -0.1) is 37.1 Å². The van der Waals surface area contributed by atoms with Crippen molar-refractivity contribution < 1.29 is 17.9 Å². The Labute approximate surface area is 209 Å². The van der Waals surface area contributed by atoms with E-state index < -0.39 is 6.36 Å². The van der Waals surface area contributed by atoms with Crippen molar-refractivity contribution in [3.05, 3.63) is 65.7 Å². The Morgan fingerprint density at radius 2 is 1.70 bits per heavy atom. The number of nitrogens with one attached hydrogen (secondary N) is 2. The van der Waals surface area contributed by atoms with Gasteiger partial charge in [0.05, 0.1) is 0 Å². The van der Waals surface area contributed by atoms with E-state index in [0.717, 1.165) is 38.9 Å². The zero-order chi connectivity index (χ0) is 22.6. The van der Waals surface area contributed by atoms with Crippen molar-refractivity contribution in [3.8, 4) is 5.75 Å². The number of hydrogen-bond donors (Lipinski definition) is 2. The van der Waals surface area contributed by atoms with Crippen molar-refractivity contribution >= 4 is 29.9 Å². The molecule has 33 heavy (non-hydrogen) atoms. The number of benzene rings is 2. The normalized spacial score (nSPS) is 21.8. The average Bonchev–Trinajstić information content (AvgIpc) is 3.53. The van der Waals surface area contributed by atoms with Gasteiger partial charge in [-0.25, -0.2) is 0 Å². The van der Waals surface area contributed by atoms with Crippen molar-refractivity contribution in [2.24, 2.45) is 4.99 Å². The van der Waals surface area contributed by atoms with Crippen LogP contribution in [0.4, 0.5) is 13.2 Å². The van der Waals surface area contributed by atoms with Gasteiger partial charge in [0, 0.05) is 44.7 Å². The molecule has 4 rings (SSSR count). The van der Waals surface area contributed by atoms with Crippen LogP contribution in [0.25, 0.3) is 0 Å². The van der Waals surface area contributed by atoms with Crippen molar-refractivity contribution in [3.63, 3.8) is 0 Å². The monoisotopic (exact) mass is 574 g/mol. The second kappa shape index (κ2) is 11.4. The summed E-state index contributed by atoms with van der Waals surface area (Å²) in [5.74, 6) is 0.552. The number of aliphatic imine (C=N–C) groups is 1. The molecule has 2 aliphatic rings. The number of hydrogen-bond acceptors (Lipinski definition) is 3. The van der Waals surface area contributed by atoms with Crippen molar-refractivity contribution in [2.75, 3.05) is 20.1 Å². The zero-order valence-corrected chi connectivity index (χ0v) is 20.8. The molecule has 1 aliphatic carbocycles. The minimum atomic E-state index is -4.69. The molecule has 2 atom stereocenters. The van der Waals surface area contributed by atoms with E-state index in [1.54, 1.807) is 25.2 Å². The Hall–Kier alpha value is -2.01. The lowest BCUT2D eigenvalue weighted by Gasteiger charge is -2.33. The molecule has 2 N–H and O–H groups in total. The minimum absolute atomic E-state index is 0. The van der Waals surface area contributed by atoms with E-state index in [9.17, 15) is 13.2 Å². The maximum atomic E-state index is 12.7.